The molecule has 0 saturated carbocycles. The maximum Gasteiger partial charge on any atom is 0.243 e. The number of hydrogen-bond acceptors (Lipinski definition) is 4. The van der Waals surface area contributed by atoms with Crippen LogP contribution in [-0.4, -0.2) is 43.9 Å². The lowest BCUT2D eigenvalue weighted by atomic mass is 10.2. The van der Waals surface area contributed by atoms with Crippen LogP contribution >= 0.6 is 23.4 Å². The lowest BCUT2D eigenvalue weighted by molar-refractivity contribution is 0.424. The van der Waals surface area contributed by atoms with E-state index in [0.717, 1.165) is 11.3 Å². The molecule has 1 N–H and O–H groups in total. The predicted octanol–water partition coefficient (Wildman–Crippen LogP) is 2.19. The first-order valence-corrected chi connectivity index (χ1v) is 9.36. The van der Waals surface area contributed by atoms with E-state index < -0.39 is 10.0 Å². The van der Waals surface area contributed by atoms with E-state index in [1.807, 2.05) is 7.05 Å². The summed E-state index contributed by atoms with van der Waals surface area (Å²) in [6.45, 7) is 3.79. The molecule has 1 aliphatic heterocycles. The Bertz CT molecular complexity index is 578. The van der Waals surface area contributed by atoms with Crippen LogP contribution in [0.2, 0.25) is 5.02 Å². The number of nitrogens with one attached hydrogen (secondary N) is 1. The normalized spacial score (nSPS) is 21.1. The predicted molar refractivity (Wildman–Crippen MR) is 84.9 cm³/mol. The van der Waals surface area contributed by atoms with Gasteiger partial charge < -0.3 is 5.32 Å². The zero-order chi connectivity index (χ0) is 14.8. The molecule has 1 aliphatic rings. The minimum absolute atomic E-state index is 0.279. The number of benzene rings is 1. The van der Waals surface area contributed by atoms with Crippen molar-refractivity contribution in [2.45, 2.75) is 23.6 Å². The van der Waals surface area contributed by atoms with Gasteiger partial charge >= 0.3 is 0 Å². The highest BCUT2D eigenvalue weighted by Crippen LogP contribution is 2.27. The van der Waals surface area contributed by atoms with Gasteiger partial charge in [0.2, 0.25) is 10.0 Å². The van der Waals surface area contributed by atoms with Crippen molar-refractivity contribution in [2.75, 3.05) is 25.9 Å². The summed E-state index contributed by atoms with van der Waals surface area (Å²) in [6.07, 6.45) is 0. The Kier molecular flexibility index (Phi) is 5.36. The molecule has 20 heavy (non-hydrogen) atoms. The second-order valence-electron chi connectivity index (χ2n) is 4.83. The third-order valence-electron chi connectivity index (χ3n) is 3.23. The van der Waals surface area contributed by atoms with Crippen molar-refractivity contribution < 1.29 is 8.42 Å². The fourth-order valence-electron chi connectivity index (χ4n) is 2.18. The summed E-state index contributed by atoms with van der Waals surface area (Å²) in [5, 5.41) is 3.82. The van der Waals surface area contributed by atoms with E-state index in [4.69, 9.17) is 11.6 Å². The van der Waals surface area contributed by atoms with Gasteiger partial charge in [-0.2, -0.15) is 16.1 Å². The topological polar surface area (TPSA) is 49.4 Å². The lowest BCUT2D eigenvalue weighted by Gasteiger charge is -2.29. The van der Waals surface area contributed by atoms with E-state index in [9.17, 15) is 8.42 Å². The van der Waals surface area contributed by atoms with Crippen LogP contribution in [0, 0.1) is 0 Å². The van der Waals surface area contributed by atoms with Gasteiger partial charge in [0.1, 0.15) is 0 Å². The molecular formula is C13H19ClN2O2S2. The average molecular weight is 335 g/mol. The summed E-state index contributed by atoms with van der Waals surface area (Å²) >= 11 is 7.96. The largest absolute Gasteiger partial charge is 0.316 e. The summed E-state index contributed by atoms with van der Waals surface area (Å²) in [7, 11) is -1.61. The quantitative estimate of drug-likeness (QED) is 0.917. The van der Waals surface area contributed by atoms with E-state index in [1.54, 1.807) is 34.3 Å². The van der Waals surface area contributed by atoms with Crippen molar-refractivity contribution >= 4 is 33.4 Å². The van der Waals surface area contributed by atoms with Gasteiger partial charge in [0.15, 0.2) is 0 Å². The van der Waals surface area contributed by atoms with Crippen LogP contribution in [0.4, 0.5) is 0 Å². The molecule has 1 saturated heterocycles. The van der Waals surface area contributed by atoms with Gasteiger partial charge in [-0.05, 0) is 24.7 Å². The Morgan fingerprint density at radius 1 is 1.50 bits per heavy atom. The van der Waals surface area contributed by atoms with Gasteiger partial charge in [-0.25, -0.2) is 8.42 Å². The van der Waals surface area contributed by atoms with E-state index in [2.05, 4.69) is 12.2 Å². The first kappa shape index (κ1) is 16.1. The van der Waals surface area contributed by atoms with Crippen LogP contribution < -0.4 is 5.32 Å². The van der Waals surface area contributed by atoms with Gasteiger partial charge in [-0.1, -0.05) is 24.6 Å². The lowest BCUT2D eigenvalue weighted by Crippen LogP contribution is -2.40. The summed E-state index contributed by atoms with van der Waals surface area (Å²) in [6, 6.07) is 4.96. The maximum atomic E-state index is 12.6. The Balaban J connectivity index is 2.27. The summed E-state index contributed by atoms with van der Waals surface area (Å²) in [5.41, 5.74) is 0.899. The minimum atomic E-state index is -3.43. The summed E-state index contributed by atoms with van der Waals surface area (Å²) < 4.78 is 26.7. The van der Waals surface area contributed by atoms with Crippen molar-refractivity contribution in [3.63, 3.8) is 0 Å². The number of hydrogen-bond donors (Lipinski definition) is 1. The van der Waals surface area contributed by atoms with Crippen LogP contribution in [0.1, 0.15) is 12.5 Å². The fraction of sp³-hybridized carbons (Fsp3) is 0.538. The van der Waals surface area contributed by atoms with Crippen molar-refractivity contribution in [3.8, 4) is 0 Å². The highest BCUT2D eigenvalue weighted by molar-refractivity contribution is 8.00. The molecule has 0 amide bonds. The molecule has 0 spiro atoms. The molecule has 112 valence electrons. The molecule has 0 radical (unpaired) electrons. The third-order valence-corrected chi connectivity index (χ3v) is 6.58. The third kappa shape index (κ3) is 3.49. The molecule has 1 heterocycles. The van der Waals surface area contributed by atoms with E-state index in [1.165, 1.54) is 0 Å². The van der Waals surface area contributed by atoms with Gasteiger partial charge in [-0.15, -0.1) is 0 Å². The molecular weight excluding hydrogens is 316 g/mol. The second kappa shape index (κ2) is 6.66. The zero-order valence-corrected chi connectivity index (χ0v) is 14.0. The number of thioether (sulfide) groups is 1. The fourth-order valence-corrected chi connectivity index (χ4v) is 5.27. The summed E-state index contributed by atoms with van der Waals surface area (Å²) in [4.78, 5) is 0.279. The molecule has 1 aromatic carbocycles. The Morgan fingerprint density at radius 2 is 2.25 bits per heavy atom. The van der Waals surface area contributed by atoms with Crippen LogP contribution in [0.15, 0.2) is 23.1 Å². The molecule has 1 atom stereocenters. The average Bonchev–Trinajstić information content (AvgIpc) is 2.41. The standard InChI is InChI=1S/C13H19ClN2O2S2/c1-10-9-16(5-6-19-10)20(17,18)12-4-3-11(8-15-2)13(14)7-12/h3-4,7,10,15H,5-6,8-9H2,1-2H3. The Hall–Kier alpha value is -0.270. The van der Waals surface area contributed by atoms with E-state index >= 15 is 0 Å². The first-order chi connectivity index (χ1) is 9.45. The highest BCUT2D eigenvalue weighted by Gasteiger charge is 2.29. The smallest absolute Gasteiger partial charge is 0.243 e. The molecule has 0 aromatic heterocycles. The van der Waals surface area contributed by atoms with Crippen LogP contribution in [0.5, 0.6) is 0 Å². The minimum Gasteiger partial charge on any atom is -0.316 e. The Morgan fingerprint density at radius 3 is 2.85 bits per heavy atom. The number of halogens is 1. The van der Waals surface area contributed by atoms with E-state index in [0.29, 0.717) is 29.9 Å². The van der Waals surface area contributed by atoms with Crippen molar-refractivity contribution in [2.24, 2.45) is 0 Å². The SMILES string of the molecule is CNCc1ccc(S(=O)(=O)N2CCSC(C)C2)cc1Cl. The molecule has 1 aromatic rings. The molecule has 0 aliphatic carbocycles. The number of sulfonamides is 1. The molecule has 4 nitrogen and oxygen atoms in total. The van der Waals surface area contributed by atoms with E-state index in [-0.39, 0.29) is 4.90 Å². The van der Waals surface area contributed by atoms with Gasteiger partial charge in [0, 0.05) is 35.7 Å². The van der Waals surface area contributed by atoms with Crippen LogP contribution in [-0.2, 0) is 16.6 Å². The van der Waals surface area contributed by atoms with Crippen molar-refractivity contribution in [1.29, 1.82) is 0 Å². The van der Waals surface area contributed by atoms with Crippen LogP contribution in [0.3, 0.4) is 0 Å². The number of nitrogens with zero attached hydrogens (tertiary/aromatic N) is 1. The first-order valence-electron chi connectivity index (χ1n) is 6.50. The second-order valence-corrected chi connectivity index (χ2v) is 8.72. The molecule has 1 unspecified atom stereocenters. The monoisotopic (exact) mass is 334 g/mol. The molecule has 1 fully saturated rings. The van der Waals surface area contributed by atoms with Crippen LogP contribution in [0.25, 0.3) is 0 Å². The zero-order valence-electron chi connectivity index (χ0n) is 11.6. The number of rotatable bonds is 4. The van der Waals surface area contributed by atoms with Crippen molar-refractivity contribution in [3.05, 3.63) is 28.8 Å². The maximum absolute atomic E-state index is 12.6. The molecule has 0 bridgehead atoms. The van der Waals surface area contributed by atoms with Gasteiger partial charge in [0.05, 0.1) is 4.90 Å². The van der Waals surface area contributed by atoms with Gasteiger partial charge in [0.25, 0.3) is 0 Å². The van der Waals surface area contributed by atoms with Gasteiger partial charge in [-0.3, -0.25) is 0 Å². The summed E-state index contributed by atoms with van der Waals surface area (Å²) in [5.74, 6) is 0.839. The van der Waals surface area contributed by atoms with Crippen molar-refractivity contribution in [1.82, 2.24) is 9.62 Å². The Labute approximate surface area is 129 Å². The molecule has 7 heteroatoms. The molecule has 2 rings (SSSR count). The highest BCUT2D eigenvalue weighted by atomic mass is 35.5.